The molecule has 2 aromatic rings. The van der Waals surface area contributed by atoms with Crippen molar-refractivity contribution in [2.24, 2.45) is 5.92 Å². The minimum atomic E-state index is -0.371. The molecule has 3 rings (SSSR count). The third kappa shape index (κ3) is 5.76. The summed E-state index contributed by atoms with van der Waals surface area (Å²) in [5.74, 6) is 0.589. The molecule has 31 heavy (non-hydrogen) atoms. The van der Waals surface area contributed by atoms with Crippen LogP contribution in [0, 0.1) is 5.92 Å². The van der Waals surface area contributed by atoms with E-state index in [1.54, 1.807) is 37.3 Å². The highest BCUT2D eigenvalue weighted by atomic mass is 16.5. The van der Waals surface area contributed by atoms with Crippen molar-refractivity contribution >= 4 is 17.5 Å². The Morgan fingerprint density at radius 1 is 1.13 bits per heavy atom. The Hall–Kier alpha value is -3.06. The van der Waals surface area contributed by atoms with Gasteiger partial charge in [-0.15, -0.1) is 0 Å². The van der Waals surface area contributed by atoms with Crippen molar-refractivity contribution in [3.8, 4) is 11.5 Å². The normalized spacial score (nSPS) is 16.8. The number of nitrogens with zero attached hydrogens (tertiary/aromatic N) is 1. The van der Waals surface area contributed by atoms with Crippen LogP contribution in [0.4, 0.5) is 5.69 Å². The molecule has 7 nitrogen and oxygen atoms in total. The number of carbonyl (C=O) groups is 2. The van der Waals surface area contributed by atoms with Crippen molar-refractivity contribution < 1.29 is 23.8 Å². The first kappa shape index (κ1) is 22.6. The maximum Gasteiger partial charge on any atom is 0.227 e. The van der Waals surface area contributed by atoms with Crippen LogP contribution >= 0.6 is 0 Å². The first-order valence-electron chi connectivity index (χ1n) is 10.5. The van der Waals surface area contributed by atoms with E-state index in [-0.39, 0.29) is 30.3 Å². The number of hydrogen-bond acceptors (Lipinski definition) is 5. The number of rotatable bonds is 10. The van der Waals surface area contributed by atoms with Crippen LogP contribution in [-0.2, 0) is 14.3 Å². The van der Waals surface area contributed by atoms with Crippen LogP contribution < -0.4 is 19.7 Å². The summed E-state index contributed by atoms with van der Waals surface area (Å²) in [5, 5.41) is 2.93. The zero-order valence-electron chi connectivity index (χ0n) is 18.3. The van der Waals surface area contributed by atoms with E-state index in [2.05, 4.69) is 5.32 Å². The molecule has 1 aliphatic heterocycles. The van der Waals surface area contributed by atoms with Gasteiger partial charge in [-0.3, -0.25) is 9.59 Å². The van der Waals surface area contributed by atoms with E-state index in [9.17, 15) is 9.59 Å². The largest absolute Gasteiger partial charge is 0.493 e. The highest BCUT2D eigenvalue weighted by molar-refractivity contribution is 6.00. The summed E-state index contributed by atoms with van der Waals surface area (Å²) in [5.41, 5.74) is 1.83. The molecule has 0 aromatic heterocycles. The molecule has 1 fully saturated rings. The second kappa shape index (κ2) is 10.8. The average molecular weight is 427 g/mol. The minimum absolute atomic E-state index is 0.0133. The van der Waals surface area contributed by atoms with Crippen molar-refractivity contribution in [2.75, 3.05) is 38.8 Å². The van der Waals surface area contributed by atoms with E-state index < -0.39 is 0 Å². The summed E-state index contributed by atoms with van der Waals surface area (Å²) in [4.78, 5) is 26.6. The van der Waals surface area contributed by atoms with Gasteiger partial charge in [0.1, 0.15) is 0 Å². The summed E-state index contributed by atoms with van der Waals surface area (Å²) < 4.78 is 16.4. The van der Waals surface area contributed by atoms with Gasteiger partial charge < -0.3 is 24.4 Å². The Kier molecular flexibility index (Phi) is 7.89. The van der Waals surface area contributed by atoms with E-state index in [1.807, 2.05) is 37.3 Å². The molecule has 0 spiro atoms. The van der Waals surface area contributed by atoms with E-state index >= 15 is 0 Å². The monoisotopic (exact) mass is 426 g/mol. The van der Waals surface area contributed by atoms with Crippen molar-refractivity contribution in [1.29, 1.82) is 0 Å². The van der Waals surface area contributed by atoms with Crippen molar-refractivity contribution in [3.63, 3.8) is 0 Å². The average Bonchev–Trinajstić information content (AvgIpc) is 3.20. The van der Waals surface area contributed by atoms with Crippen LogP contribution in [0.25, 0.3) is 0 Å². The van der Waals surface area contributed by atoms with Crippen molar-refractivity contribution in [1.82, 2.24) is 5.32 Å². The molecule has 0 aliphatic carbocycles. The van der Waals surface area contributed by atoms with Gasteiger partial charge in [0.05, 0.1) is 26.2 Å². The summed E-state index contributed by atoms with van der Waals surface area (Å²) >= 11 is 0. The number of carbonyl (C=O) groups excluding carboxylic acids is 2. The van der Waals surface area contributed by atoms with Gasteiger partial charge in [-0.1, -0.05) is 30.3 Å². The zero-order valence-corrected chi connectivity index (χ0v) is 18.3. The summed E-state index contributed by atoms with van der Waals surface area (Å²) in [6.07, 6.45) is 0.921. The van der Waals surface area contributed by atoms with Gasteiger partial charge in [-0.05, 0) is 31.0 Å². The van der Waals surface area contributed by atoms with Gasteiger partial charge in [-0.2, -0.15) is 0 Å². The van der Waals surface area contributed by atoms with Gasteiger partial charge in [0.15, 0.2) is 11.5 Å². The molecule has 1 N–H and O–H groups in total. The Morgan fingerprint density at radius 2 is 1.87 bits per heavy atom. The second-order valence-electron chi connectivity index (χ2n) is 7.51. The predicted octanol–water partition coefficient (Wildman–Crippen LogP) is 3.34. The highest BCUT2D eigenvalue weighted by Crippen LogP contribution is 2.34. The number of methoxy groups -OCH3 is 2. The number of hydrogen-bond donors (Lipinski definition) is 1. The molecular weight excluding hydrogens is 396 g/mol. The third-order valence-corrected chi connectivity index (χ3v) is 5.43. The van der Waals surface area contributed by atoms with Crippen molar-refractivity contribution in [3.05, 3.63) is 54.1 Å². The lowest BCUT2D eigenvalue weighted by Crippen LogP contribution is -2.33. The lowest BCUT2D eigenvalue weighted by atomic mass is 10.1. The number of ether oxygens (including phenoxy) is 3. The van der Waals surface area contributed by atoms with Crippen LogP contribution in [0.2, 0.25) is 0 Å². The van der Waals surface area contributed by atoms with E-state index in [0.717, 1.165) is 5.56 Å². The molecule has 2 atom stereocenters. The predicted molar refractivity (Wildman–Crippen MR) is 118 cm³/mol. The molecule has 2 aromatic carbocycles. The summed E-state index contributed by atoms with van der Waals surface area (Å²) in [7, 11) is 3.11. The summed E-state index contributed by atoms with van der Waals surface area (Å²) in [6, 6.07) is 15.3. The standard InChI is InChI=1S/C24H30N2O5/c1-17(18-8-5-4-6-9-18)31-13-7-12-25-24(28)19-14-23(27)26(16-19)20-10-11-21(29-2)22(15-20)30-3/h4-6,8-11,15,17,19H,7,12-14,16H2,1-3H3,(H,25,28). The Bertz CT molecular complexity index is 887. The highest BCUT2D eigenvalue weighted by Gasteiger charge is 2.35. The molecule has 0 radical (unpaired) electrons. The van der Waals surface area contributed by atoms with Crippen LogP contribution in [0.1, 0.15) is 31.4 Å². The van der Waals surface area contributed by atoms with Gasteiger partial charge in [-0.25, -0.2) is 0 Å². The van der Waals surface area contributed by atoms with Gasteiger partial charge in [0, 0.05) is 37.9 Å². The molecule has 7 heteroatoms. The number of anilines is 1. The zero-order chi connectivity index (χ0) is 22.2. The number of nitrogens with one attached hydrogen (secondary N) is 1. The minimum Gasteiger partial charge on any atom is -0.493 e. The fraction of sp³-hybridized carbons (Fsp3) is 0.417. The van der Waals surface area contributed by atoms with Crippen LogP contribution in [0.15, 0.2) is 48.5 Å². The molecule has 2 amide bonds. The first-order valence-corrected chi connectivity index (χ1v) is 10.5. The van der Waals surface area contributed by atoms with Crippen molar-refractivity contribution in [2.45, 2.75) is 25.9 Å². The Labute approximate surface area is 183 Å². The van der Waals surface area contributed by atoms with Gasteiger partial charge in [0.25, 0.3) is 0 Å². The van der Waals surface area contributed by atoms with E-state index in [0.29, 0.717) is 43.3 Å². The molecule has 0 saturated carbocycles. The molecule has 1 saturated heterocycles. The van der Waals surface area contributed by atoms with E-state index in [1.165, 1.54) is 0 Å². The SMILES string of the molecule is COc1ccc(N2CC(C(=O)NCCCOC(C)c3ccccc3)CC2=O)cc1OC. The topological polar surface area (TPSA) is 77.1 Å². The fourth-order valence-electron chi connectivity index (χ4n) is 3.63. The molecule has 166 valence electrons. The molecule has 0 bridgehead atoms. The molecule has 1 heterocycles. The van der Waals surface area contributed by atoms with Gasteiger partial charge in [0.2, 0.25) is 11.8 Å². The maximum atomic E-state index is 12.5. The molecule has 1 aliphatic rings. The van der Waals surface area contributed by atoms with Crippen LogP contribution in [0.5, 0.6) is 11.5 Å². The fourth-order valence-corrected chi connectivity index (χ4v) is 3.63. The quantitative estimate of drug-likeness (QED) is 0.590. The Balaban J connectivity index is 1.44. The number of benzene rings is 2. The Morgan fingerprint density at radius 3 is 2.58 bits per heavy atom. The third-order valence-electron chi connectivity index (χ3n) is 5.43. The van der Waals surface area contributed by atoms with Gasteiger partial charge >= 0.3 is 0 Å². The molecular formula is C24H30N2O5. The van der Waals surface area contributed by atoms with Crippen LogP contribution in [-0.4, -0.2) is 45.7 Å². The summed E-state index contributed by atoms with van der Waals surface area (Å²) in [6.45, 7) is 3.43. The van der Waals surface area contributed by atoms with E-state index in [4.69, 9.17) is 14.2 Å². The van der Waals surface area contributed by atoms with Crippen LogP contribution in [0.3, 0.4) is 0 Å². The smallest absolute Gasteiger partial charge is 0.227 e. The first-order chi connectivity index (χ1) is 15.0. The number of amides is 2. The second-order valence-corrected chi connectivity index (χ2v) is 7.51. The lowest BCUT2D eigenvalue weighted by molar-refractivity contribution is -0.126. The lowest BCUT2D eigenvalue weighted by Gasteiger charge is -2.18. The maximum absolute atomic E-state index is 12.5. The molecule has 2 unspecified atom stereocenters.